The number of hydrogen-bond donors (Lipinski definition) is 1. The molecule has 4 nitrogen and oxygen atoms in total. The van der Waals surface area contributed by atoms with Gasteiger partial charge in [-0.05, 0) is 50.4 Å². The van der Waals surface area contributed by atoms with E-state index in [1.807, 2.05) is 25.1 Å². The molecule has 1 aromatic rings. The maximum Gasteiger partial charge on any atom is 0.161 e. The van der Waals surface area contributed by atoms with E-state index in [9.17, 15) is 0 Å². The second-order valence-corrected chi connectivity index (χ2v) is 4.71. The molecule has 0 amide bonds. The number of rotatable bonds is 6. The molecule has 2 rings (SSSR count). The summed E-state index contributed by atoms with van der Waals surface area (Å²) >= 11 is 0. The standard InChI is InChI=1S/C15H23NO3/c1-2-18-15-10-12(7-8-16)5-6-14(15)19-13-4-3-9-17-11-13/h5-6,10,13H,2-4,7-9,11,16H2,1H3. The zero-order valence-electron chi connectivity index (χ0n) is 11.6. The Labute approximate surface area is 114 Å². The molecule has 1 heterocycles. The quantitative estimate of drug-likeness (QED) is 0.856. The van der Waals surface area contributed by atoms with Gasteiger partial charge in [-0.25, -0.2) is 0 Å². The lowest BCUT2D eigenvalue weighted by atomic mass is 10.1. The molecule has 0 bridgehead atoms. The van der Waals surface area contributed by atoms with E-state index in [0.717, 1.165) is 37.4 Å². The highest BCUT2D eigenvalue weighted by Gasteiger charge is 2.17. The van der Waals surface area contributed by atoms with Crippen molar-refractivity contribution in [2.45, 2.75) is 32.3 Å². The van der Waals surface area contributed by atoms with Gasteiger partial charge in [0, 0.05) is 6.61 Å². The van der Waals surface area contributed by atoms with Crippen molar-refractivity contribution in [1.29, 1.82) is 0 Å². The average Bonchev–Trinajstić information content (AvgIpc) is 2.43. The predicted molar refractivity (Wildman–Crippen MR) is 74.8 cm³/mol. The number of nitrogens with two attached hydrogens (primary N) is 1. The molecule has 1 aromatic carbocycles. The molecule has 1 saturated heterocycles. The lowest BCUT2D eigenvalue weighted by Gasteiger charge is -2.24. The van der Waals surface area contributed by atoms with Gasteiger partial charge in [-0.1, -0.05) is 6.07 Å². The number of hydrogen-bond acceptors (Lipinski definition) is 4. The second kappa shape index (κ2) is 7.36. The van der Waals surface area contributed by atoms with Crippen molar-refractivity contribution in [1.82, 2.24) is 0 Å². The number of ether oxygens (including phenoxy) is 3. The third-order valence-corrected chi connectivity index (χ3v) is 3.15. The molecule has 1 fully saturated rings. The smallest absolute Gasteiger partial charge is 0.161 e. The molecule has 1 aliphatic rings. The molecular weight excluding hydrogens is 242 g/mol. The lowest BCUT2D eigenvalue weighted by Crippen LogP contribution is -2.28. The fraction of sp³-hybridized carbons (Fsp3) is 0.600. The Hall–Kier alpha value is -1.26. The third-order valence-electron chi connectivity index (χ3n) is 3.15. The molecule has 1 aliphatic heterocycles. The van der Waals surface area contributed by atoms with Gasteiger partial charge >= 0.3 is 0 Å². The van der Waals surface area contributed by atoms with E-state index in [4.69, 9.17) is 19.9 Å². The number of benzene rings is 1. The normalized spacial score (nSPS) is 19.2. The maximum atomic E-state index is 5.99. The van der Waals surface area contributed by atoms with E-state index in [0.29, 0.717) is 19.8 Å². The van der Waals surface area contributed by atoms with Crippen molar-refractivity contribution in [2.75, 3.05) is 26.4 Å². The Kier molecular flexibility index (Phi) is 5.48. The minimum absolute atomic E-state index is 0.133. The Morgan fingerprint density at radius 3 is 2.95 bits per heavy atom. The molecule has 0 aromatic heterocycles. The third kappa shape index (κ3) is 4.11. The largest absolute Gasteiger partial charge is 0.490 e. The summed E-state index contributed by atoms with van der Waals surface area (Å²) in [5.41, 5.74) is 6.76. The van der Waals surface area contributed by atoms with Crippen LogP contribution in [0.1, 0.15) is 25.3 Å². The van der Waals surface area contributed by atoms with Crippen LogP contribution in [0, 0.1) is 0 Å². The van der Waals surface area contributed by atoms with E-state index in [1.165, 1.54) is 5.56 Å². The highest BCUT2D eigenvalue weighted by molar-refractivity contribution is 5.43. The fourth-order valence-corrected chi connectivity index (χ4v) is 2.22. The van der Waals surface area contributed by atoms with Crippen molar-refractivity contribution < 1.29 is 14.2 Å². The van der Waals surface area contributed by atoms with Gasteiger partial charge in [0.25, 0.3) is 0 Å². The minimum Gasteiger partial charge on any atom is -0.490 e. The Bertz CT molecular complexity index is 389. The summed E-state index contributed by atoms with van der Waals surface area (Å²) in [6, 6.07) is 6.05. The first-order valence-electron chi connectivity index (χ1n) is 7.03. The summed E-state index contributed by atoms with van der Waals surface area (Å²) in [7, 11) is 0. The molecule has 0 aliphatic carbocycles. The van der Waals surface area contributed by atoms with Gasteiger partial charge in [-0.2, -0.15) is 0 Å². The maximum absolute atomic E-state index is 5.99. The van der Waals surface area contributed by atoms with Crippen LogP contribution < -0.4 is 15.2 Å². The predicted octanol–water partition coefficient (Wildman–Crippen LogP) is 2.14. The summed E-state index contributed by atoms with van der Waals surface area (Å²) in [6.07, 6.45) is 3.08. The van der Waals surface area contributed by atoms with Crippen LogP contribution in [0.3, 0.4) is 0 Å². The fourth-order valence-electron chi connectivity index (χ4n) is 2.22. The van der Waals surface area contributed by atoms with Crippen LogP contribution in [0.15, 0.2) is 18.2 Å². The van der Waals surface area contributed by atoms with Crippen molar-refractivity contribution in [3.05, 3.63) is 23.8 Å². The van der Waals surface area contributed by atoms with E-state index >= 15 is 0 Å². The van der Waals surface area contributed by atoms with Gasteiger partial charge in [0.05, 0.1) is 13.2 Å². The highest BCUT2D eigenvalue weighted by Crippen LogP contribution is 2.30. The Balaban J connectivity index is 2.08. The topological polar surface area (TPSA) is 53.7 Å². The first-order chi connectivity index (χ1) is 9.33. The van der Waals surface area contributed by atoms with Crippen molar-refractivity contribution in [3.8, 4) is 11.5 Å². The molecule has 2 N–H and O–H groups in total. The first-order valence-corrected chi connectivity index (χ1v) is 7.03. The molecule has 0 spiro atoms. The molecule has 19 heavy (non-hydrogen) atoms. The van der Waals surface area contributed by atoms with E-state index < -0.39 is 0 Å². The molecule has 106 valence electrons. The van der Waals surface area contributed by atoms with Gasteiger partial charge in [0.15, 0.2) is 11.5 Å². The van der Waals surface area contributed by atoms with E-state index in [2.05, 4.69) is 0 Å². The van der Waals surface area contributed by atoms with Gasteiger partial charge in [0.2, 0.25) is 0 Å². The van der Waals surface area contributed by atoms with Crippen LogP contribution in [-0.4, -0.2) is 32.5 Å². The summed E-state index contributed by atoms with van der Waals surface area (Å²) in [6.45, 7) is 4.75. The van der Waals surface area contributed by atoms with E-state index in [-0.39, 0.29) is 6.10 Å². The van der Waals surface area contributed by atoms with Gasteiger partial charge in [-0.15, -0.1) is 0 Å². The highest BCUT2D eigenvalue weighted by atomic mass is 16.6. The Morgan fingerprint density at radius 2 is 2.26 bits per heavy atom. The average molecular weight is 265 g/mol. The van der Waals surface area contributed by atoms with Crippen LogP contribution in [0.25, 0.3) is 0 Å². The summed E-state index contributed by atoms with van der Waals surface area (Å²) in [5, 5.41) is 0. The molecule has 1 atom stereocenters. The first kappa shape index (κ1) is 14.2. The van der Waals surface area contributed by atoms with Crippen LogP contribution >= 0.6 is 0 Å². The summed E-state index contributed by atoms with van der Waals surface area (Å²) in [5.74, 6) is 1.61. The molecular formula is C15H23NO3. The van der Waals surface area contributed by atoms with Crippen molar-refractivity contribution in [3.63, 3.8) is 0 Å². The Morgan fingerprint density at radius 1 is 1.37 bits per heavy atom. The minimum atomic E-state index is 0.133. The van der Waals surface area contributed by atoms with Crippen LogP contribution in [0.2, 0.25) is 0 Å². The molecule has 1 unspecified atom stereocenters. The summed E-state index contributed by atoms with van der Waals surface area (Å²) in [4.78, 5) is 0. The van der Waals surface area contributed by atoms with E-state index in [1.54, 1.807) is 0 Å². The SMILES string of the molecule is CCOc1cc(CCN)ccc1OC1CCCOC1. The van der Waals surface area contributed by atoms with Crippen LogP contribution in [0.4, 0.5) is 0 Å². The van der Waals surface area contributed by atoms with Crippen molar-refractivity contribution in [2.24, 2.45) is 5.73 Å². The zero-order valence-corrected chi connectivity index (χ0v) is 11.6. The van der Waals surface area contributed by atoms with Crippen molar-refractivity contribution >= 4 is 0 Å². The van der Waals surface area contributed by atoms with Crippen LogP contribution in [-0.2, 0) is 11.2 Å². The molecule has 0 saturated carbocycles. The summed E-state index contributed by atoms with van der Waals surface area (Å²) < 4.78 is 17.1. The monoisotopic (exact) mass is 265 g/mol. The van der Waals surface area contributed by atoms with Crippen LogP contribution in [0.5, 0.6) is 11.5 Å². The lowest BCUT2D eigenvalue weighted by molar-refractivity contribution is 0.00624. The van der Waals surface area contributed by atoms with Gasteiger partial charge < -0.3 is 19.9 Å². The second-order valence-electron chi connectivity index (χ2n) is 4.71. The van der Waals surface area contributed by atoms with Gasteiger partial charge in [-0.3, -0.25) is 0 Å². The molecule has 4 heteroatoms. The van der Waals surface area contributed by atoms with Gasteiger partial charge in [0.1, 0.15) is 6.10 Å². The molecule has 0 radical (unpaired) electrons. The zero-order chi connectivity index (χ0) is 13.5.